The lowest BCUT2D eigenvalue weighted by atomic mass is 10.2. The summed E-state index contributed by atoms with van der Waals surface area (Å²) in [6, 6.07) is 7.62. The van der Waals surface area contributed by atoms with E-state index in [1.807, 2.05) is 19.1 Å². The number of carbonyl (C=O) groups excluding carboxylic acids is 2. The molecule has 1 aliphatic rings. The lowest BCUT2D eigenvalue weighted by Crippen LogP contribution is -2.35. The van der Waals surface area contributed by atoms with Crippen LogP contribution in [0.5, 0.6) is 0 Å². The predicted octanol–water partition coefficient (Wildman–Crippen LogP) is 4.16. The molecule has 29 heavy (non-hydrogen) atoms. The summed E-state index contributed by atoms with van der Waals surface area (Å²) in [5.74, 6) is -0.879. The zero-order valence-corrected chi connectivity index (χ0v) is 17.7. The van der Waals surface area contributed by atoms with Gasteiger partial charge in [-0.3, -0.25) is 4.79 Å². The molecule has 0 bridgehead atoms. The van der Waals surface area contributed by atoms with Gasteiger partial charge in [0, 0.05) is 22.7 Å². The van der Waals surface area contributed by atoms with Crippen LogP contribution in [0.3, 0.4) is 0 Å². The number of hydrogen-bond acceptors (Lipinski definition) is 4. The number of amides is 1. The Hall–Kier alpha value is -2.31. The molecular weight excluding hydrogens is 413 g/mol. The molecule has 154 valence electrons. The summed E-state index contributed by atoms with van der Waals surface area (Å²) in [6.45, 7) is 2.00. The molecule has 0 spiro atoms. The van der Waals surface area contributed by atoms with E-state index in [-0.39, 0.29) is 18.6 Å². The standard InChI is InChI=1S/C21H23Cl2N3O3/c1-14-18(21(23)26(25-14)12-15-6-8-16(22)9-7-15)10-11-20(28)29-13-19(27)24-17-4-2-3-5-17/h6-11,17H,2-5,12-13H2,1H3,(H,24,27)/b11-10+. The van der Waals surface area contributed by atoms with E-state index in [4.69, 9.17) is 27.9 Å². The maximum Gasteiger partial charge on any atom is 0.331 e. The number of aromatic nitrogens is 2. The molecule has 0 radical (unpaired) electrons. The van der Waals surface area contributed by atoms with Crippen LogP contribution in [0.25, 0.3) is 6.08 Å². The average molecular weight is 436 g/mol. The molecule has 0 aliphatic heterocycles. The topological polar surface area (TPSA) is 73.2 Å². The molecule has 1 aromatic carbocycles. The smallest absolute Gasteiger partial charge is 0.331 e. The molecule has 1 aromatic heterocycles. The highest BCUT2D eigenvalue weighted by Crippen LogP contribution is 2.23. The molecule has 8 heteroatoms. The first-order valence-electron chi connectivity index (χ1n) is 9.54. The van der Waals surface area contributed by atoms with E-state index in [2.05, 4.69) is 10.4 Å². The lowest BCUT2D eigenvalue weighted by Gasteiger charge is -2.11. The normalized spacial score (nSPS) is 14.4. The van der Waals surface area contributed by atoms with Crippen LogP contribution in [0.15, 0.2) is 30.3 Å². The van der Waals surface area contributed by atoms with Crippen molar-refractivity contribution in [2.24, 2.45) is 0 Å². The Balaban J connectivity index is 1.55. The van der Waals surface area contributed by atoms with E-state index < -0.39 is 5.97 Å². The molecule has 1 aliphatic carbocycles. The van der Waals surface area contributed by atoms with Gasteiger partial charge in [-0.1, -0.05) is 48.2 Å². The van der Waals surface area contributed by atoms with E-state index in [9.17, 15) is 9.59 Å². The van der Waals surface area contributed by atoms with Crippen LogP contribution in [0, 0.1) is 6.92 Å². The van der Waals surface area contributed by atoms with Gasteiger partial charge in [0.25, 0.3) is 5.91 Å². The summed E-state index contributed by atoms with van der Waals surface area (Å²) in [5, 5.41) is 8.37. The highest BCUT2D eigenvalue weighted by molar-refractivity contribution is 6.31. The molecule has 3 rings (SSSR count). The third-order valence-electron chi connectivity index (χ3n) is 4.81. The van der Waals surface area contributed by atoms with E-state index in [0.717, 1.165) is 31.2 Å². The second-order valence-corrected chi connectivity index (χ2v) is 7.86. The van der Waals surface area contributed by atoms with Gasteiger partial charge in [-0.2, -0.15) is 5.10 Å². The van der Waals surface area contributed by atoms with Crippen LogP contribution in [0.4, 0.5) is 0 Å². The van der Waals surface area contributed by atoms with Crippen molar-refractivity contribution in [1.29, 1.82) is 0 Å². The van der Waals surface area contributed by atoms with Crippen molar-refractivity contribution in [2.75, 3.05) is 6.61 Å². The van der Waals surface area contributed by atoms with Crippen LogP contribution in [0.2, 0.25) is 10.2 Å². The molecule has 1 amide bonds. The van der Waals surface area contributed by atoms with Crippen molar-refractivity contribution in [2.45, 2.75) is 45.2 Å². The van der Waals surface area contributed by atoms with Gasteiger partial charge in [-0.25, -0.2) is 9.48 Å². The van der Waals surface area contributed by atoms with Gasteiger partial charge in [-0.15, -0.1) is 0 Å². The maximum atomic E-state index is 11.9. The van der Waals surface area contributed by atoms with Crippen molar-refractivity contribution in [3.63, 3.8) is 0 Å². The largest absolute Gasteiger partial charge is 0.452 e. The van der Waals surface area contributed by atoms with Gasteiger partial charge < -0.3 is 10.1 Å². The summed E-state index contributed by atoms with van der Waals surface area (Å²) in [6.07, 6.45) is 7.03. The Morgan fingerprint density at radius 1 is 1.24 bits per heavy atom. The second kappa shape index (κ2) is 9.94. The fourth-order valence-corrected chi connectivity index (χ4v) is 3.72. The highest BCUT2D eigenvalue weighted by atomic mass is 35.5. The maximum absolute atomic E-state index is 11.9. The minimum atomic E-state index is -0.604. The molecule has 0 atom stereocenters. The average Bonchev–Trinajstić information content (AvgIpc) is 3.29. The van der Waals surface area contributed by atoms with Crippen LogP contribution in [-0.2, 0) is 20.9 Å². The highest BCUT2D eigenvalue weighted by Gasteiger charge is 2.17. The fraction of sp³-hybridized carbons (Fsp3) is 0.381. The predicted molar refractivity (Wildman–Crippen MR) is 113 cm³/mol. The van der Waals surface area contributed by atoms with Crippen LogP contribution in [-0.4, -0.2) is 34.3 Å². The number of hydrogen-bond donors (Lipinski definition) is 1. The monoisotopic (exact) mass is 435 g/mol. The number of carbonyl (C=O) groups is 2. The van der Waals surface area contributed by atoms with Gasteiger partial charge in [0.2, 0.25) is 0 Å². The summed E-state index contributed by atoms with van der Waals surface area (Å²) in [5.41, 5.74) is 2.32. The SMILES string of the molecule is Cc1nn(Cc2ccc(Cl)cc2)c(Cl)c1/C=C/C(=O)OCC(=O)NC1CCCC1. The van der Waals surface area contributed by atoms with Gasteiger partial charge in [0.1, 0.15) is 5.15 Å². The summed E-state index contributed by atoms with van der Waals surface area (Å²) in [4.78, 5) is 23.8. The minimum absolute atomic E-state index is 0.199. The number of nitrogens with zero attached hydrogens (tertiary/aromatic N) is 2. The zero-order valence-electron chi connectivity index (χ0n) is 16.2. The van der Waals surface area contributed by atoms with Gasteiger partial charge in [-0.05, 0) is 43.5 Å². The van der Waals surface area contributed by atoms with Gasteiger partial charge >= 0.3 is 5.97 Å². The molecule has 1 saturated carbocycles. The number of benzene rings is 1. The Morgan fingerprint density at radius 3 is 2.62 bits per heavy atom. The Morgan fingerprint density at radius 2 is 1.93 bits per heavy atom. The zero-order chi connectivity index (χ0) is 20.8. The summed E-state index contributed by atoms with van der Waals surface area (Å²) >= 11 is 12.3. The second-order valence-electron chi connectivity index (χ2n) is 7.06. The van der Waals surface area contributed by atoms with Crippen molar-refractivity contribution < 1.29 is 14.3 Å². The Kier molecular flexibility index (Phi) is 7.34. The van der Waals surface area contributed by atoms with Crippen LogP contribution < -0.4 is 5.32 Å². The van der Waals surface area contributed by atoms with E-state index in [0.29, 0.717) is 28.0 Å². The number of aryl methyl sites for hydroxylation is 1. The first-order chi connectivity index (χ1) is 13.9. The quantitative estimate of drug-likeness (QED) is 0.523. The Labute approximate surface area is 179 Å². The lowest BCUT2D eigenvalue weighted by molar-refractivity contribution is -0.144. The third-order valence-corrected chi connectivity index (χ3v) is 5.46. The minimum Gasteiger partial charge on any atom is -0.452 e. The number of nitrogens with one attached hydrogen (secondary N) is 1. The number of halogens is 2. The van der Waals surface area contributed by atoms with Crippen LogP contribution >= 0.6 is 23.2 Å². The van der Waals surface area contributed by atoms with Gasteiger partial charge in [0.05, 0.1) is 12.2 Å². The van der Waals surface area contributed by atoms with E-state index in [1.165, 1.54) is 6.08 Å². The molecule has 1 heterocycles. The summed E-state index contributed by atoms with van der Waals surface area (Å²) < 4.78 is 6.66. The fourth-order valence-electron chi connectivity index (χ4n) is 3.30. The number of esters is 1. The number of ether oxygens (including phenoxy) is 1. The molecule has 0 unspecified atom stereocenters. The van der Waals surface area contributed by atoms with Gasteiger partial charge in [0.15, 0.2) is 6.61 Å². The third kappa shape index (κ3) is 6.08. The first-order valence-corrected chi connectivity index (χ1v) is 10.3. The molecule has 1 fully saturated rings. The van der Waals surface area contributed by atoms with Crippen molar-refractivity contribution in [3.05, 3.63) is 57.3 Å². The van der Waals surface area contributed by atoms with Crippen molar-refractivity contribution in [1.82, 2.24) is 15.1 Å². The Bertz CT molecular complexity index is 901. The van der Waals surface area contributed by atoms with E-state index >= 15 is 0 Å². The van der Waals surface area contributed by atoms with Crippen molar-refractivity contribution in [3.8, 4) is 0 Å². The molecule has 0 saturated heterocycles. The van der Waals surface area contributed by atoms with Crippen LogP contribution in [0.1, 0.15) is 42.5 Å². The summed E-state index contributed by atoms with van der Waals surface area (Å²) in [7, 11) is 0. The molecule has 1 N–H and O–H groups in total. The molecule has 2 aromatic rings. The van der Waals surface area contributed by atoms with Crippen molar-refractivity contribution >= 4 is 41.2 Å². The first kappa shape index (κ1) is 21.4. The van der Waals surface area contributed by atoms with E-state index in [1.54, 1.807) is 22.9 Å². The molecule has 6 nitrogen and oxygen atoms in total. The molecular formula is C21H23Cl2N3O3. The number of rotatable bonds is 7.